The highest BCUT2D eigenvalue weighted by Crippen LogP contribution is 2.26. The van der Waals surface area contributed by atoms with Gasteiger partial charge in [-0.25, -0.2) is 4.79 Å². The van der Waals surface area contributed by atoms with Gasteiger partial charge in [-0.3, -0.25) is 4.79 Å². The van der Waals surface area contributed by atoms with E-state index in [0.29, 0.717) is 11.3 Å². The Hall–Kier alpha value is -1.53. The molecule has 0 aliphatic carbocycles. The van der Waals surface area contributed by atoms with Gasteiger partial charge in [0.25, 0.3) is 0 Å². The van der Waals surface area contributed by atoms with Crippen molar-refractivity contribution in [3.8, 4) is 0 Å². The zero-order chi connectivity index (χ0) is 13.1. The molecule has 1 aliphatic heterocycles. The zero-order valence-electron chi connectivity index (χ0n) is 9.00. The van der Waals surface area contributed by atoms with Crippen LogP contribution in [0, 0.1) is 0 Å². The van der Waals surface area contributed by atoms with Crippen LogP contribution in [-0.2, 0) is 14.3 Å². The molecule has 0 N–H and O–H groups in total. The number of ether oxygens (including phenoxy) is 1. The van der Waals surface area contributed by atoms with Gasteiger partial charge in [-0.1, -0.05) is 12.7 Å². The third-order valence-electron chi connectivity index (χ3n) is 2.37. The molecule has 1 saturated heterocycles. The summed E-state index contributed by atoms with van der Waals surface area (Å²) in [7, 11) is 0. The fraction of sp³-hybridized carbons (Fsp3) is 0.600. The predicted molar refractivity (Wildman–Crippen MR) is 51.9 cm³/mol. The summed E-state index contributed by atoms with van der Waals surface area (Å²) in [5.74, 6) is -2.81. The Morgan fingerprint density at radius 3 is 2.65 bits per heavy atom. The largest absolute Gasteiger partial charge is 0.471 e. The number of esters is 1. The van der Waals surface area contributed by atoms with Gasteiger partial charge < -0.3 is 9.64 Å². The molecule has 0 aromatic carbocycles. The third-order valence-corrected chi connectivity index (χ3v) is 2.37. The van der Waals surface area contributed by atoms with Gasteiger partial charge in [0.1, 0.15) is 12.6 Å². The van der Waals surface area contributed by atoms with Gasteiger partial charge in [0, 0.05) is 6.54 Å². The average Bonchev–Trinajstić information content (AvgIpc) is 2.72. The van der Waals surface area contributed by atoms with Crippen molar-refractivity contribution < 1.29 is 27.5 Å². The fourth-order valence-corrected chi connectivity index (χ4v) is 1.65. The molecule has 0 saturated carbocycles. The predicted octanol–water partition coefficient (Wildman–Crippen LogP) is 1.27. The number of nitrogens with zero attached hydrogens (tertiary/aromatic N) is 1. The number of hydrogen-bond donors (Lipinski definition) is 0. The lowest BCUT2D eigenvalue weighted by atomic mass is 10.2. The first-order chi connectivity index (χ1) is 7.88. The van der Waals surface area contributed by atoms with Crippen LogP contribution in [0.25, 0.3) is 0 Å². The normalized spacial score (nSPS) is 20.2. The molecule has 0 aromatic heterocycles. The van der Waals surface area contributed by atoms with Gasteiger partial charge in [-0.2, -0.15) is 13.2 Å². The van der Waals surface area contributed by atoms with Crippen LogP contribution >= 0.6 is 0 Å². The Labute approximate surface area is 96.0 Å². The van der Waals surface area contributed by atoms with E-state index in [1.54, 1.807) is 0 Å². The van der Waals surface area contributed by atoms with Crippen molar-refractivity contribution in [3.63, 3.8) is 0 Å². The van der Waals surface area contributed by atoms with Crippen molar-refractivity contribution in [1.29, 1.82) is 0 Å². The first-order valence-electron chi connectivity index (χ1n) is 5.03. The topological polar surface area (TPSA) is 46.6 Å². The summed E-state index contributed by atoms with van der Waals surface area (Å²) < 4.78 is 41.3. The van der Waals surface area contributed by atoms with E-state index in [4.69, 9.17) is 0 Å². The maximum absolute atomic E-state index is 12.2. The molecular weight excluding hydrogens is 239 g/mol. The van der Waals surface area contributed by atoms with E-state index in [2.05, 4.69) is 11.3 Å². The number of amides is 1. The molecule has 1 amide bonds. The second-order valence-electron chi connectivity index (χ2n) is 3.57. The summed E-state index contributed by atoms with van der Waals surface area (Å²) in [4.78, 5) is 23.0. The molecule has 96 valence electrons. The SMILES string of the molecule is C=CCOC(=O)C1CCCN1C(=O)C(F)(F)F. The number of halogens is 3. The van der Waals surface area contributed by atoms with Gasteiger partial charge in [-0.15, -0.1) is 0 Å². The molecule has 1 atom stereocenters. The summed E-state index contributed by atoms with van der Waals surface area (Å²) in [6.07, 6.45) is -3.10. The maximum atomic E-state index is 12.2. The highest BCUT2D eigenvalue weighted by molar-refractivity contribution is 5.88. The summed E-state index contributed by atoms with van der Waals surface area (Å²) in [6, 6.07) is -1.14. The Morgan fingerprint density at radius 1 is 1.47 bits per heavy atom. The van der Waals surface area contributed by atoms with Crippen LogP contribution in [0.15, 0.2) is 12.7 Å². The number of rotatable bonds is 3. The molecule has 0 aromatic rings. The zero-order valence-corrected chi connectivity index (χ0v) is 9.00. The lowest BCUT2D eigenvalue weighted by molar-refractivity contribution is -0.188. The van der Waals surface area contributed by atoms with Gasteiger partial charge >= 0.3 is 18.1 Å². The van der Waals surface area contributed by atoms with E-state index in [1.807, 2.05) is 0 Å². The van der Waals surface area contributed by atoms with Crippen molar-refractivity contribution in [2.75, 3.05) is 13.2 Å². The minimum atomic E-state index is -4.96. The van der Waals surface area contributed by atoms with Crippen LogP contribution in [0.3, 0.4) is 0 Å². The molecule has 1 heterocycles. The quantitative estimate of drug-likeness (QED) is 0.560. The Morgan fingerprint density at radius 2 is 2.12 bits per heavy atom. The van der Waals surface area contributed by atoms with Crippen LogP contribution in [0.5, 0.6) is 0 Å². The van der Waals surface area contributed by atoms with Crippen LogP contribution < -0.4 is 0 Å². The maximum Gasteiger partial charge on any atom is 0.471 e. The molecule has 1 fully saturated rings. The second-order valence-corrected chi connectivity index (χ2v) is 3.57. The van der Waals surface area contributed by atoms with E-state index in [0.717, 1.165) is 0 Å². The summed E-state index contributed by atoms with van der Waals surface area (Å²) in [5, 5.41) is 0. The van der Waals surface area contributed by atoms with Gasteiger partial charge in [0.15, 0.2) is 0 Å². The van der Waals surface area contributed by atoms with E-state index in [1.165, 1.54) is 6.08 Å². The number of hydrogen-bond acceptors (Lipinski definition) is 3. The molecule has 17 heavy (non-hydrogen) atoms. The van der Waals surface area contributed by atoms with Crippen molar-refractivity contribution in [3.05, 3.63) is 12.7 Å². The molecule has 0 bridgehead atoms. The first kappa shape index (κ1) is 13.5. The van der Waals surface area contributed by atoms with E-state index in [9.17, 15) is 22.8 Å². The average molecular weight is 251 g/mol. The van der Waals surface area contributed by atoms with E-state index in [-0.39, 0.29) is 19.6 Å². The van der Waals surface area contributed by atoms with Crippen LogP contribution in [0.1, 0.15) is 12.8 Å². The second kappa shape index (κ2) is 5.20. The number of carbonyl (C=O) groups is 2. The smallest absolute Gasteiger partial charge is 0.460 e. The number of likely N-dealkylation sites (tertiary alicyclic amines) is 1. The lowest BCUT2D eigenvalue weighted by Crippen LogP contribution is -2.47. The molecule has 7 heteroatoms. The van der Waals surface area contributed by atoms with Crippen molar-refractivity contribution in [2.24, 2.45) is 0 Å². The molecule has 4 nitrogen and oxygen atoms in total. The van der Waals surface area contributed by atoms with Gasteiger partial charge in [-0.05, 0) is 12.8 Å². The van der Waals surface area contributed by atoms with Crippen molar-refractivity contribution in [2.45, 2.75) is 25.1 Å². The number of alkyl halides is 3. The van der Waals surface area contributed by atoms with Crippen LogP contribution in [0.2, 0.25) is 0 Å². The minimum absolute atomic E-state index is 0.0772. The van der Waals surface area contributed by atoms with E-state index < -0.39 is 24.1 Å². The van der Waals surface area contributed by atoms with Gasteiger partial charge in [0.2, 0.25) is 0 Å². The highest BCUT2D eigenvalue weighted by atomic mass is 19.4. The molecule has 0 radical (unpaired) electrons. The summed E-state index contributed by atoms with van der Waals surface area (Å²) >= 11 is 0. The monoisotopic (exact) mass is 251 g/mol. The highest BCUT2D eigenvalue weighted by Gasteiger charge is 2.48. The summed E-state index contributed by atoms with van der Waals surface area (Å²) in [6.45, 7) is 3.16. The molecule has 1 unspecified atom stereocenters. The van der Waals surface area contributed by atoms with Gasteiger partial charge in [0.05, 0.1) is 0 Å². The Balaban J connectivity index is 2.69. The summed E-state index contributed by atoms with van der Waals surface area (Å²) in [5.41, 5.74) is 0. The Bertz CT molecular complexity index is 327. The standard InChI is InChI=1S/C10H12F3NO3/c1-2-6-17-8(15)7-4-3-5-14(7)9(16)10(11,12)13/h2,7H,1,3-6H2. The van der Waals surface area contributed by atoms with Crippen molar-refractivity contribution in [1.82, 2.24) is 4.90 Å². The van der Waals surface area contributed by atoms with Crippen molar-refractivity contribution >= 4 is 11.9 Å². The van der Waals surface area contributed by atoms with Crippen LogP contribution in [-0.4, -0.2) is 42.1 Å². The molecule has 0 spiro atoms. The lowest BCUT2D eigenvalue weighted by Gasteiger charge is -2.23. The number of carbonyl (C=O) groups excluding carboxylic acids is 2. The molecule has 1 rings (SSSR count). The third kappa shape index (κ3) is 3.21. The minimum Gasteiger partial charge on any atom is -0.460 e. The molecule has 1 aliphatic rings. The first-order valence-corrected chi connectivity index (χ1v) is 5.03. The fourth-order valence-electron chi connectivity index (χ4n) is 1.65. The van der Waals surface area contributed by atoms with E-state index >= 15 is 0 Å². The Kier molecular flexibility index (Phi) is 4.14. The van der Waals surface area contributed by atoms with Crippen LogP contribution in [0.4, 0.5) is 13.2 Å². The molecular formula is C10H12F3NO3.